The Morgan fingerprint density at radius 1 is 1.06 bits per heavy atom. The Hall–Kier alpha value is -6.87. The van der Waals surface area contributed by atoms with Crippen molar-refractivity contribution in [3.63, 3.8) is 0 Å². The number of aromatic amines is 1. The number of aromatic nitrogens is 5. The van der Waals surface area contributed by atoms with Crippen molar-refractivity contribution in [2.24, 2.45) is 5.92 Å². The highest BCUT2D eigenvalue weighted by molar-refractivity contribution is 5.98. The van der Waals surface area contributed by atoms with E-state index >= 15 is 4.39 Å². The van der Waals surface area contributed by atoms with E-state index < -0.39 is 46.7 Å². The van der Waals surface area contributed by atoms with E-state index in [2.05, 4.69) is 35.9 Å². The van der Waals surface area contributed by atoms with Crippen LogP contribution in [0.5, 0.6) is 5.75 Å². The summed E-state index contributed by atoms with van der Waals surface area (Å²) in [7, 11) is 1.48. The second-order valence-corrected chi connectivity index (χ2v) is 15.0. The van der Waals surface area contributed by atoms with E-state index in [-0.39, 0.29) is 71.5 Å². The number of halogens is 2. The summed E-state index contributed by atoms with van der Waals surface area (Å²) < 4.78 is 22.8. The monoisotopic (exact) mass is 878 g/mol. The third-order valence-corrected chi connectivity index (χ3v) is 10.9. The van der Waals surface area contributed by atoms with Crippen molar-refractivity contribution < 1.29 is 43.6 Å². The number of nitrogen functional groups attached to an aromatic ring is 1. The lowest BCUT2D eigenvalue weighted by atomic mass is 9.94. The zero-order valence-corrected chi connectivity index (χ0v) is 34.0. The summed E-state index contributed by atoms with van der Waals surface area (Å²) >= 11 is 0. The molecule has 1 amide bonds. The van der Waals surface area contributed by atoms with Crippen LogP contribution in [0.2, 0.25) is 0 Å². The number of piperidine rings is 1. The Morgan fingerprint density at radius 3 is 2.45 bits per heavy atom. The molecule has 5 aromatic rings. The molecule has 20 nitrogen and oxygen atoms in total. The van der Waals surface area contributed by atoms with Gasteiger partial charge >= 0.3 is 23.5 Å². The number of rotatable bonds is 13. The number of carbonyl (C=O) groups excluding carboxylic acids is 1. The molecule has 0 spiro atoms. The molecule has 1 saturated carbocycles. The molecule has 9 N–H and O–H groups in total. The van der Waals surface area contributed by atoms with Gasteiger partial charge in [-0.05, 0) is 74.9 Å². The number of ether oxygens (including phenoxy) is 1. The van der Waals surface area contributed by atoms with Gasteiger partial charge < -0.3 is 56.2 Å². The first-order chi connectivity index (χ1) is 29.2. The minimum Gasteiger partial charge on any atom is -0.492 e. The summed E-state index contributed by atoms with van der Waals surface area (Å²) in [4.78, 5) is 86.9. The summed E-state index contributed by atoms with van der Waals surface area (Å²) in [6.07, 6.45) is 6.26. The van der Waals surface area contributed by atoms with Gasteiger partial charge in [0.05, 0.1) is 36.4 Å². The lowest BCUT2D eigenvalue weighted by Crippen LogP contribution is -2.41. The van der Waals surface area contributed by atoms with Crippen LogP contribution < -0.4 is 42.3 Å². The SMILES string of the molecule is COc1c(N2C[C@@H]3CCCN[C@@H]3C2)c(F)cc2c(=O)c(C(=O)O)cn(C3CC3)c12.Cl.Nc1nc(=O)c2nc(CNc3ccc(C(=O)N[C@@H](CCC(=O)O)C(=O)O)cc3)cnc2[nH]1. The molecule has 328 valence electrons. The quantitative estimate of drug-likeness (QED) is 0.0843. The molecule has 1 aliphatic carbocycles. The number of H-pyrrole nitrogens is 1. The summed E-state index contributed by atoms with van der Waals surface area (Å²) in [6.45, 7) is 2.63. The number of nitrogens with one attached hydrogen (secondary N) is 4. The van der Waals surface area contributed by atoms with Crippen molar-refractivity contribution in [3.8, 4) is 5.75 Å². The molecular formula is C40H44ClFN10O10. The predicted molar refractivity (Wildman–Crippen MR) is 226 cm³/mol. The lowest BCUT2D eigenvalue weighted by Gasteiger charge is -2.25. The van der Waals surface area contributed by atoms with Crippen LogP contribution in [0.3, 0.4) is 0 Å². The van der Waals surface area contributed by atoms with Crippen LogP contribution in [-0.4, -0.2) is 102 Å². The fourth-order valence-electron chi connectivity index (χ4n) is 7.72. The first-order valence-electron chi connectivity index (χ1n) is 19.5. The Labute approximate surface area is 357 Å². The number of pyridine rings is 1. The van der Waals surface area contributed by atoms with Gasteiger partial charge in [0.1, 0.15) is 17.3 Å². The first kappa shape index (κ1) is 44.7. The Bertz CT molecular complexity index is 2640. The van der Waals surface area contributed by atoms with E-state index in [9.17, 15) is 33.9 Å². The molecule has 3 fully saturated rings. The number of carbonyl (C=O) groups is 4. The van der Waals surface area contributed by atoms with Crippen LogP contribution in [0.4, 0.5) is 21.7 Å². The van der Waals surface area contributed by atoms with Crippen LogP contribution in [0, 0.1) is 11.7 Å². The van der Waals surface area contributed by atoms with Crippen LogP contribution in [-0.2, 0) is 16.1 Å². The van der Waals surface area contributed by atoms with Gasteiger partial charge in [-0.15, -0.1) is 12.4 Å². The average Bonchev–Trinajstić information content (AvgIpc) is 3.99. The van der Waals surface area contributed by atoms with Crippen molar-refractivity contribution >= 4 is 75.6 Å². The number of hydrogen-bond acceptors (Lipinski definition) is 14. The number of methoxy groups -OCH3 is 1. The number of aromatic carboxylic acids is 1. The van der Waals surface area contributed by atoms with E-state index in [1.807, 2.05) is 4.90 Å². The van der Waals surface area contributed by atoms with E-state index in [4.69, 9.17) is 20.7 Å². The topological polar surface area (TPSA) is 297 Å². The third kappa shape index (κ3) is 9.68. The van der Waals surface area contributed by atoms with Crippen LogP contribution in [0.25, 0.3) is 22.1 Å². The van der Waals surface area contributed by atoms with Crippen LogP contribution in [0.15, 0.2) is 52.3 Å². The number of fused-ring (bicyclic) bond motifs is 3. The average molecular weight is 879 g/mol. The number of carboxylic acid groups (broad SMARTS) is 3. The maximum Gasteiger partial charge on any atom is 0.341 e. The normalized spacial score (nSPS) is 17.2. The molecule has 3 atom stereocenters. The minimum atomic E-state index is -1.31. The Morgan fingerprint density at radius 2 is 1.81 bits per heavy atom. The molecule has 22 heteroatoms. The molecular weight excluding hydrogens is 835 g/mol. The molecule has 0 unspecified atom stereocenters. The van der Waals surface area contributed by atoms with Crippen molar-refractivity contribution in [1.82, 2.24) is 35.1 Å². The van der Waals surface area contributed by atoms with Crippen LogP contribution in [0.1, 0.15) is 71.0 Å². The summed E-state index contributed by atoms with van der Waals surface area (Å²) in [5.41, 5.74) is 6.32. The molecule has 8 rings (SSSR count). The van der Waals surface area contributed by atoms with Crippen LogP contribution >= 0.6 is 12.4 Å². The maximum atomic E-state index is 15.3. The van der Waals surface area contributed by atoms with Crippen molar-refractivity contribution in [3.05, 3.63) is 85.9 Å². The van der Waals surface area contributed by atoms with Crippen molar-refractivity contribution in [1.29, 1.82) is 0 Å². The third-order valence-electron chi connectivity index (χ3n) is 10.9. The van der Waals surface area contributed by atoms with Gasteiger partial charge in [0, 0.05) is 49.0 Å². The van der Waals surface area contributed by atoms with E-state index in [0.717, 1.165) is 38.8 Å². The molecule has 3 aromatic heterocycles. The number of anilines is 3. The highest BCUT2D eigenvalue weighted by atomic mass is 35.5. The van der Waals surface area contributed by atoms with Gasteiger partial charge in [0.15, 0.2) is 22.7 Å². The van der Waals surface area contributed by atoms with E-state index in [1.165, 1.54) is 37.7 Å². The largest absolute Gasteiger partial charge is 0.492 e. The Balaban J connectivity index is 0.000000204. The number of nitrogens with two attached hydrogens (primary N) is 1. The van der Waals surface area contributed by atoms with Crippen molar-refractivity contribution in [2.45, 2.75) is 63.2 Å². The second kappa shape index (κ2) is 18.8. The molecule has 0 radical (unpaired) electrons. The molecule has 3 aliphatic rings. The van der Waals surface area contributed by atoms with Gasteiger partial charge in [0.25, 0.3) is 5.91 Å². The highest BCUT2D eigenvalue weighted by Gasteiger charge is 2.38. The number of carboxylic acids is 3. The number of aliphatic carboxylic acids is 2. The summed E-state index contributed by atoms with van der Waals surface area (Å²) in [6, 6.07) is 6.48. The fourth-order valence-corrected chi connectivity index (χ4v) is 7.72. The Kier molecular flexibility index (Phi) is 13.6. The molecule has 62 heavy (non-hydrogen) atoms. The fraction of sp³-hybridized carbons (Fsp3) is 0.375. The lowest BCUT2D eigenvalue weighted by molar-refractivity contribution is -0.140. The van der Waals surface area contributed by atoms with Gasteiger partial charge in [-0.1, -0.05) is 0 Å². The number of amides is 1. The van der Waals surface area contributed by atoms with Gasteiger partial charge in [-0.2, -0.15) is 4.98 Å². The van der Waals surface area contributed by atoms with Gasteiger partial charge in [0.2, 0.25) is 11.4 Å². The standard InChI is InChI=1S/C21H24FN3O4.C19H19N7O6.ClH/c1-29-20-17-13(19(26)14(21(27)28)9-25(17)12-4-5-12)7-15(22)18(20)24-8-11-3-2-6-23-16(11)10-24;20-19-25-15-14(17(30)26-19)23-11(8-22-15)7-21-10-3-1-9(2-4-10)16(29)24-12(18(31)32)5-6-13(27)28;/h7,9,11-12,16,23H,2-6,8,10H2,1H3,(H,27,28);1-4,8,12,21H,5-7H2,(H,24,29)(H,27,28)(H,31,32)(H3,20,22,25,26,30);1H/t11-,16+;12-;/m00./s1. The number of benzene rings is 2. The highest BCUT2D eigenvalue weighted by Crippen LogP contribution is 2.45. The van der Waals surface area contributed by atoms with Crippen molar-refractivity contribution in [2.75, 3.05) is 42.7 Å². The second-order valence-electron chi connectivity index (χ2n) is 15.0. The first-order valence-corrected chi connectivity index (χ1v) is 19.5. The zero-order chi connectivity index (χ0) is 43.5. The minimum absolute atomic E-state index is 0. The van der Waals surface area contributed by atoms with E-state index in [0.29, 0.717) is 46.8 Å². The maximum absolute atomic E-state index is 15.3. The summed E-state index contributed by atoms with van der Waals surface area (Å²) in [5, 5.41) is 36.2. The molecule has 2 aromatic carbocycles. The van der Waals surface area contributed by atoms with E-state index in [1.54, 1.807) is 16.7 Å². The zero-order valence-electron chi connectivity index (χ0n) is 33.2. The van der Waals surface area contributed by atoms with Gasteiger partial charge in [-0.3, -0.25) is 19.2 Å². The summed E-state index contributed by atoms with van der Waals surface area (Å²) in [5.74, 6) is -4.22. The smallest absolute Gasteiger partial charge is 0.341 e. The predicted octanol–water partition coefficient (Wildman–Crippen LogP) is 2.75. The molecule has 2 saturated heterocycles. The molecule has 0 bridgehead atoms. The number of hydrogen-bond donors (Lipinski definition) is 8. The molecule has 2 aliphatic heterocycles. The van der Waals surface area contributed by atoms with Gasteiger partial charge in [-0.25, -0.2) is 23.9 Å². The molecule has 5 heterocycles. The number of nitrogens with zero attached hydrogens (tertiary/aromatic N) is 5.